The lowest BCUT2D eigenvalue weighted by Crippen LogP contribution is -2.05. The number of nitrogen functional groups attached to an aromatic ring is 1. The van der Waals surface area contributed by atoms with Gasteiger partial charge in [0, 0.05) is 13.0 Å². The average molecular weight is 260 g/mol. The number of thiophene rings is 1. The standard InChI is InChI=1S/C10H8N6OS/c11-3-6-9(13)7(4-12)18-10(6)14-2-1-8-15-5-17-16-8/h5,14H,1-2,13H2. The lowest BCUT2D eigenvalue weighted by Gasteiger charge is -2.01. The number of nitrogens with two attached hydrogens (primary N) is 1. The first-order valence-electron chi connectivity index (χ1n) is 4.97. The van der Waals surface area contributed by atoms with Gasteiger partial charge in [0.05, 0.1) is 5.69 Å². The molecule has 0 amide bonds. The molecule has 0 bridgehead atoms. The Morgan fingerprint density at radius 1 is 1.44 bits per heavy atom. The zero-order chi connectivity index (χ0) is 13.0. The summed E-state index contributed by atoms with van der Waals surface area (Å²) in [5, 5.41) is 25.1. The molecule has 0 fully saturated rings. The van der Waals surface area contributed by atoms with Gasteiger partial charge in [0.15, 0.2) is 5.82 Å². The van der Waals surface area contributed by atoms with Gasteiger partial charge in [0.1, 0.15) is 27.6 Å². The molecule has 2 rings (SSSR count). The van der Waals surface area contributed by atoms with Crippen LogP contribution in [-0.4, -0.2) is 16.7 Å². The normalized spacial score (nSPS) is 9.67. The molecule has 90 valence electrons. The van der Waals surface area contributed by atoms with Crippen molar-refractivity contribution in [3.63, 3.8) is 0 Å². The van der Waals surface area contributed by atoms with Crippen molar-refractivity contribution in [3.05, 3.63) is 22.7 Å². The fourth-order valence-electron chi connectivity index (χ4n) is 1.35. The molecule has 0 unspecified atom stereocenters. The average Bonchev–Trinajstić information content (AvgIpc) is 2.97. The smallest absolute Gasteiger partial charge is 0.213 e. The predicted molar refractivity (Wildman–Crippen MR) is 64.7 cm³/mol. The van der Waals surface area contributed by atoms with Crippen molar-refractivity contribution in [2.75, 3.05) is 17.6 Å². The van der Waals surface area contributed by atoms with Crippen molar-refractivity contribution in [2.45, 2.75) is 6.42 Å². The Bertz CT molecular complexity index is 618. The molecular weight excluding hydrogens is 252 g/mol. The SMILES string of the molecule is N#Cc1sc(NCCc2ncon2)c(C#N)c1N. The molecule has 0 saturated carbocycles. The summed E-state index contributed by atoms with van der Waals surface area (Å²) in [5.74, 6) is 0.575. The van der Waals surface area contributed by atoms with Crippen LogP contribution in [0.4, 0.5) is 10.7 Å². The van der Waals surface area contributed by atoms with Crippen molar-refractivity contribution >= 4 is 22.0 Å². The maximum absolute atomic E-state index is 8.98. The number of nitrogens with one attached hydrogen (secondary N) is 1. The lowest BCUT2D eigenvalue weighted by molar-refractivity contribution is 0.410. The molecule has 0 atom stereocenters. The first-order valence-corrected chi connectivity index (χ1v) is 5.79. The van der Waals surface area contributed by atoms with Crippen molar-refractivity contribution in [2.24, 2.45) is 0 Å². The van der Waals surface area contributed by atoms with Gasteiger partial charge < -0.3 is 15.6 Å². The highest BCUT2D eigenvalue weighted by Crippen LogP contribution is 2.34. The van der Waals surface area contributed by atoms with Gasteiger partial charge in [-0.2, -0.15) is 15.5 Å². The molecule has 0 aliphatic rings. The van der Waals surface area contributed by atoms with Crippen molar-refractivity contribution in [1.82, 2.24) is 10.1 Å². The highest BCUT2D eigenvalue weighted by atomic mass is 32.1. The molecule has 0 saturated heterocycles. The van der Waals surface area contributed by atoms with Gasteiger partial charge in [-0.1, -0.05) is 5.16 Å². The van der Waals surface area contributed by atoms with E-state index >= 15 is 0 Å². The summed E-state index contributed by atoms with van der Waals surface area (Å²) in [6.07, 6.45) is 1.81. The zero-order valence-corrected chi connectivity index (χ0v) is 9.99. The second-order valence-electron chi connectivity index (χ2n) is 3.30. The van der Waals surface area contributed by atoms with E-state index in [1.165, 1.54) is 6.39 Å². The summed E-state index contributed by atoms with van der Waals surface area (Å²) in [4.78, 5) is 4.21. The van der Waals surface area contributed by atoms with E-state index in [9.17, 15) is 0 Å². The third-order valence-corrected chi connectivity index (χ3v) is 3.27. The van der Waals surface area contributed by atoms with Gasteiger partial charge in [0.25, 0.3) is 0 Å². The molecule has 0 aliphatic carbocycles. The van der Waals surface area contributed by atoms with Crippen LogP contribution in [0.1, 0.15) is 16.3 Å². The van der Waals surface area contributed by atoms with E-state index in [4.69, 9.17) is 16.3 Å². The first kappa shape index (κ1) is 11.9. The second kappa shape index (κ2) is 5.17. The molecule has 0 spiro atoms. The summed E-state index contributed by atoms with van der Waals surface area (Å²) >= 11 is 1.16. The lowest BCUT2D eigenvalue weighted by atomic mass is 10.2. The monoisotopic (exact) mass is 260 g/mol. The Balaban J connectivity index is 2.06. The van der Waals surface area contributed by atoms with E-state index in [0.29, 0.717) is 34.2 Å². The van der Waals surface area contributed by atoms with Crippen LogP contribution in [0.3, 0.4) is 0 Å². The summed E-state index contributed by atoms with van der Waals surface area (Å²) in [7, 11) is 0. The molecule has 2 aromatic rings. The summed E-state index contributed by atoms with van der Waals surface area (Å²) in [5.41, 5.74) is 6.22. The van der Waals surface area contributed by atoms with Gasteiger partial charge in [0.2, 0.25) is 6.39 Å². The van der Waals surface area contributed by atoms with Crippen LogP contribution in [-0.2, 0) is 6.42 Å². The van der Waals surface area contributed by atoms with E-state index in [-0.39, 0.29) is 5.69 Å². The molecule has 0 aromatic carbocycles. The number of anilines is 2. The van der Waals surface area contributed by atoms with Crippen LogP contribution < -0.4 is 11.1 Å². The number of hydrogen-bond donors (Lipinski definition) is 2. The van der Waals surface area contributed by atoms with Crippen molar-refractivity contribution in [1.29, 1.82) is 10.5 Å². The van der Waals surface area contributed by atoms with Crippen LogP contribution >= 0.6 is 11.3 Å². The Labute approximate surface area is 106 Å². The summed E-state index contributed by atoms with van der Waals surface area (Å²) < 4.78 is 4.60. The predicted octanol–water partition coefficient (Wildman–Crippen LogP) is 1.11. The second-order valence-corrected chi connectivity index (χ2v) is 4.32. The van der Waals surface area contributed by atoms with Crippen molar-refractivity contribution < 1.29 is 4.52 Å². The topological polar surface area (TPSA) is 125 Å². The van der Waals surface area contributed by atoms with Crippen LogP contribution in [0.5, 0.6) is 0 Å². The number of nitriles is 2. The van der Waals surface area contributed by atoms with Gasteiger partial charge in [-0.3, -0.25) is 0 Å². The molecule has 2 heterocycles. The van der Waals surface area contributed by atoms with Gasteiger partial charge in [-0.25, -0.2) is 0 Å². The molecule has 18 heavy (non-hydrogen) atoms. The van der Waals surface area contributed by atoms with E-state index in [1.807, 2.05) is 12.1 Å². The third kappa shape index (κ3) is 2.24. The summed E-state index contributed by atoms with van der Waals surface area (Å²) in [6.45, 7) is 0.527. The molecule has 2 aromatic heterocycles. The number of hydrogen-bond acceptors (Lipinski definition) is 8. The van der Waals surface area contributed by atoms with Crippen LogP contribution in [0.2, 0.25) is 0 Å². The quantitative estimate of drug-likeness (QED) is 0.843. The summed E-state index contributed by atoms with van der Waals surface area (Å²) in [6, 6.07) is 3.94. The van der Waals surface area contributed by atoms with E-state index in [2.05, 4.69) is 20.0 Å². The highest BCUT2D eigenvalue weighted by Gasteiger charge is 2.15. The van der Waals surface area contributed by atoms with Gasteiger partial charge in [-0.05, 0) is 0 Å². The minimum Gasteiger partial charge on any atom is -0.396 e. The Morgan fingerprint density at radius 3 is 2.89 bits per heavy atom. The molecule has 8 heteroatoms. The molecular formula is C10H8N6OS. The van der Waals surface area contributed by atoms with E-state index in [1.54, 1.807) is 0 Å². The Kier molecular flexibility index (Phi) is 3.41. The van der Waals surface area contributed by atoms with E-state index in [0.717, 1.165) is 11.3 Å². The maximum atomic E-state index is 8.98. The maximum Gasteiger partial charge on any atom is 0.213 e. The fraction of sp³-hybridized carbons (Fsp3) is 0.200. The van der Waals surface area contributed by atoms with Crippen molar-refractivity contribution in [3.8, 4) is 12.1 Å². The number of rotatable bonds is 4. The van der Waals surface area contributed by atoms with Gasteiger partial charge in [-0.15, -0.1) is 11.3 Å². The minimum atomic E-state index is 0.229. The number of aromatic nitrogens is 2. The van der Waals surface area contributed by atoms with Gasteiger partial charge >= 0.3 is 0 Å². The first-order chi connectivity index (χ1) is 8.76. The zero-order valence-electron chi connectivity index (χ0n) is 9.17. The third-order valence-electron chi connectivity index (χ3n) is 2.20. The molecule has 7 nitrogen and oxygen atoms in total. The largest absolute Gasteiger partial charge is 0.396 e. The minimum absolute atomic E-state index is 0.229. The number of nitrogens with zero attached hydrogens (tertiary/aromatic N) is 4. The Hall–Kier alpha value is -2.58. The molecule has 0 aliphatic heterocycles. The highest BCUT2D eigenvalue weighted by molar-refractivity contribution is 7.17. The molecule has 3 N–H and O–H groups in total. The van der Waals surface area contributed by atoms with Crippen LogP contribution in [0.15, 0.2) is 10.9 Å². The van der Waals surface area contributed by atoms with Crippen LogP contribution in [0.25, 0.3) is 0 Å². The molecule has 0 radical (unpaired) electrons. The van der Waals surface area contributed by atoms with Crippen LogP contribution in [0, 0.1) is 22.7 Å². The Morgan fingerprint density at radius 2 is 2.28 bits per heavy atom. The van der Waals surface area contributed by atoms with E-state index < -0.39 is 0 Å². The fourth-order valence-corrected chi connectivity index (χ4v) is 2.25.